The van der Waals surface area contributed by atoms with Gasteiger partial charge in [-0.2, -0.15) is 4.98 Å². The highest BCUT2D eigenvalue weighted by Gasteiger charge is 2.12. The van der Waals surface area contributed by atoms with E-state index in [1.807, 2.05) is 46.3 Å². The Morgan fingerprint density at radius 3 is 2.62 bits per heavy atom. The van der Waals surface area contributed by atoms with Crippen molar-refractivity contribution in [3.63, 3.8) is 0 Å². The minimum atomic E-state index is 0.000532. The number of aryl methyl sites for hydroxylation is 1. The van der Waals surface area contributed by atoms with Gasteiger partial charge in [0.25, 0.3) is 0 Å². The van der Waals surface area contributed by atoms with Gasteiger partial charge in [0.15, 0.2) is 5.82 Å². The maximum atomic E-state index is 12.2. The molecule has 0 fully saturated rings. The molecule has 29 heavy (non-hydrogen) atoms. The van der Waals surface area contributed by atoms with Crippen molar-refractivity contribution in [1.29, 1.82) is 0 Å². The Kier molecular flexibility index (Phi) is 5.57. The smallest absolute Gasteiger partial charge is 0.224 e. The largest absolute Gasteiger partial charge is 0.497 e. The fraction of sp³-hybridized carbons (Fsp3) is 0.227. The lowest BCUT2D eigenvalue weighted by Gasteiger charge is -2.06. The van der Waals surface area contributed by atoms with Gasteiger partial charge in [-0.3, -0.25) is 4.79 Å². The number of thiazole rings is 1. The topological polar surface area (TPSA) is 68.5 Å². The lowest BCUT2D eigenvalue weighted by Crippen LogP contribution is -2.27. The molecule has 1 amide bonds. The van der Waals surface area contributed by atoms with E-state index in [1.165, 1.54) is 5.56 Å². The van der Waals surface area contributed by atoms with Crippen LogP contribution in [0.3, 0.4) is 0 Å². The number of hydrogen-bond donors (Lipinski definition) is 1. The fourth-order valence-corrected chi connectivity index (χ4v) is 3.90. The molecule has 0 atom stereocenters. The van der Waals surface area contributed by atoms with Crippen LogP contribution in [0.15, 0.2) is 53.9 Å². The fourth-order valence-electron chi connectivity index (χ4n) is 3.04. The van der Waals surface area contributed by atoms with Gasteiger partial charge in [0.2, 0.25) is 10.9 Å². The number of amides is 1. The first-order chi connectivity index (χ1) is 14.1. The molecule has 2 heterocycles. The molecule has 7 heteroatoms. The van der Waals surface area contributed by atoms with Crippen LogP contribution in [-0.4, -0.2) is 34.2 Å². The lowest BCUT2D eigenvalue weighted by atomic mass is 10.1. The highest BCUT2D eigenvalue weighted by atomic mass is 32.1. The van der Waals surface area contributed by atoms with Crippen LogP contribution in [0.4, 0.5) is 0 Å². The number of aromatic nitrogens is 3. The molecule has 4 rings (SSSR count). The Morgan fingerprint density at radius 2 is 1.90 bits per heavy atom. The van der Waals surface area contributed by atoms with Crippen molar-refractivity contribution >= 4 is 22.2 Å². The number of benzene rings is 2. The summed E-state index contributed by atoms with van der Waals surface area (Å²) in [5, 5.41) is 9.67. The number of methoxy groups -OCH3 is 1. The molecule has 0 saturated heterocycles. The van der Waals surface area contributed by atoms with Crippen LogP contribution in [-0.2, 0) is 17.6 Å². The van der Waals surface area contributed by atoms with Crippen LogP contribution in [0, 0.1) is 6.92 Å². The molecule has 1 N–H and O–H groups in total. The van der Waals surface area contributed by atoms with E-state index < -0.39 is 0 Å². The Labute approximate surface area is 173 Å². The van der Waals surface area contributed by atoms with Crippen molar-refractivity contribution in [1.82, 2.24) is 19.9 Å². The van der Waals surface area contributed by atoms with Gasteiger partial charge < -0.3 is 10.1 Å². The third-order valence-corrected chi connectivity index (χ3v) is 5.55. The van der Waals surface area contributed by atoms with Crippen molar-refractivity contribution in [2.24, 2.45) is 0 Å². The van der Waals surface area contributed by atoms with Crippen LogP contribution >= 0.6 is 11.3 Å². The summed E-state index contributed by atoms with van der Waals surface area (Å²) in [5.41, 5.74) is 4.21. The number of carbonyl (C=O) groups is 1. The molecule has 6 nitrogen and oxygen atoms in total. The number of nitrogens with one attached hydrogen (secondary N) is 1. The van der Waals surface area contributed by atoms with Gasteiger partial charge in [-0.05, 0) is 24.6 Å². The van der Waals surface area contributed by atoms with E-state index in [4.69, 9.17) is 4.74 Å². The zero-order valence-corrected chi connectivity index (χ0v) is 17.2. The van der Waals surface area contributed by atoms with E-state index in [2.05, 4.69) is 34.5 Å². The van der Waals surface area contributed by atoms with Crippen molar-refractivity contribution < 1.29 is 9.53 Å². The van der Waals surface area contributed by atoms with Gasteiger partial charge in [-0.1, -0.05) is 42.0 Å². The molecular formula is C22H22N4O2S. The number of rotatable bonds is 7. The summed E-state index contributed by atoms with van der Waals surface area (Å²) >= 11 is 1.56. The average Bonchev–Trinajstić information content (AvgIpc) is 3.31. The first kappa shape index (κ1) is 19.1. The minimum Gasteiger partial charge on any atom is -0.497 e. The van der Waals surface area contributed by atoms with Gasteiger partial charge in [0, 0.05) is 23.9 Å². The van der Waals surface area contributed by atoms with E-state index in [0.717, 1.165) is 33.4 Å². The monoisotopic (exact) mass is 406 g/mol. The number of carbonyl (C=O) groups excluding carboxylic acids is 1. The van der Waals surface area contributed by atoms with E-state index in [-0.39, 0.29) is 5.91 Å². The predicted octanol–water partition coefficient (Wildman–Crippen LogP) is 3.68. The zero-order chi connectivity index (χ0) is 20.2. The summed E-state index contributed by atoms with van der Waals surface area (Å²) in [6.07, 6.45) is 1.05. The summed E-state index contributed by atoms with van der Waals surface area (Å²) in [6, 6.07) is 15.7. The highest BCUT2D eigenvalue weighted by Crippen LogP contribution is 2.21. The molecule has 0 spiro atoms. The average molecular weight is 407 g/mol. The normalized spacial score (nSPS) is 11.0. The third kappa shape index (κ3) is 4.46. The van der Waals surface area contributed by atoms with Crippen molar-refractivity contribution in [2.75, 3.05) is 13.7 Å². The molecule has 0 aliphatic heterocycles. The van der Waals surface area contributed by atoms with Crippen molar-refractivity contribution in [3.8, 4) is 17.1 Å². The highest BCUT2D eigenvalue weighted by molar-refractivity contribution is 7.15. The van der Waals surface area contributed by atoms with E-state index in [0.29, 0.717) is 19.4 Å². The molecule has 4 aromatic rings. The van der Waals surface area contributed by atoms with Crippen LogP contribution in [0.5, 0.6) is 5.75 Å². The van der Waals surface area contributed by atoms with Gasteiger partial charge >= 0.3 is 0 Å². The number of nitrogens with zero attached hydrogens (tertiary/aromatic N) is 3. The Hall–Kier alpha value is -3.19. The van der Waals surface area contributed by atoms with Gasteiger partial charge in [-0.15, -0.1) is 16.4 Å². The number of fused-ring (bicyclic) bond motifs is 1. The molecule has 0 aliphatic rings. The second-order valence-electron chi connectivity index (χ2n) is 6.85. The lowest BCUT2D eigenvalue weighted by molar-refractivity contribution is -0.120. The molecule has 0 saturated carbocycles. The molecule has 2 aromatic heterocycles. The van der Waals surface area contributed by atoms with E-state index >= 15 is 0 Å². The Bertz CT molecular complexity index is 1110. The summed E-state index contributed by atoms with van der Waals surface area (Å²) < 4.78 is 7.01. The Balaban J connectivity index is 1.35. The standard InChI is InChI=1S/C22H22N4O2S/c1-15-3-7-17(8-4-15)21-24-22-26(25-21)18(14-29-22)11-12-23-20(27)13-16-5-9-19(28-2)10-6-16/h3-10,14H,11-13H2,1-2H3,(H,23,27). The molecule has 2 aromatic carbocycles. The molecule has 0 radical (unpaired) electrons. The maximum absolute atomic E-state index is 12.2. The Morgan fingerprint density at radius 1 is 1.14 bits per heavy atom. The van der Waals surface area contributed by atoms with Gasteiger partial charge in [0.05, 0.1) is 19.2 Å². The quantitative estimate of drug-likeness (QED) is 0.508. The van der Waals surface area contributed by atoms with E-state index in [1.54, 1.807) is 18.4 Å². The van der Waals surface area contributed by atoms with Gasteiger partial charge in [-0.25, -0.2) is 4.52 Å². The first-order valence-electron chi connectivity index (χ1n) is 9.42. The molecule has 0 unspecified atom stereocenters. The van der Waals surface area contributed by atoms with Crippen LogP contribution in [0.2, 0.25) is 0 Å². The molecule has 0 bridgehead atoms. The van der Waals surface area contributed by atoms with Crippen LogP contribution in [0.1, 0.15) is 16.8 Å². The zero-order valence-electron chi connectivity index (χ0n) is 16.4. The molecular weight excluding hydrogens is 384 g/mol. The van der Waals surface area contributed by atoms with Gasteiger partial charge in [0.1, 0.15) is 5.75 Å². The summed E-state index contributed by atoms with van der Waals surface area (Å²) in [4.78, 5) is 17.7. The van der Waals surface area contributed by atoms with E-state index in [9.17, 15) is 4.79 Å². The SMILES string of the molecule is COc1ccc(CC(=O)NCCc2csc3nc(-c4ccc(C)cc4)nn23)cc1. The third-order valence-electron chi connectivity index (χ3n) is 4.69. The second-order valence-corrected chi connectivity index (χ2v) is 7.68. The van der Waals surface area contributed by atoms with Crippen LogP contribution in [0.25, 0.3) is 16.3 Å². The second kappa shape index (κ2) is 8.45. The van der Waals surface area contributed by atoms with Crippen LogP contribution < -0.4 is 10.1 Å². The van der Waals surface area contributed by atoms with Crippen molar-refractivity contribution in [2.45, 2.75) is 19.8 Å². The predicted molar refractivity (Wildman–Crippen MR) is 114 cm³/mol. The number of ether oxygens (including phenoxy) is 1. The summed E-state index contributed by atoms with van der Waals surface area (Å²) in [7, 11) is 1.63. The maximum Gasteiger partial charge on any atom is 0.224 e. The molecule has 148 valence electrons. The summed E-state index contributed by atoms with van der Waals surface area (Å²) in [5.74, 6) is 1.51. The minimum absolute atomic E-state index is 0.000532. The first-order valence-corrected chi connectivity index (χ1v) is 10.3. The number of hydrogen-bond acceptors (Lipinski definition) is 5. The van der Waals surface area contributed by atoms with Crippen molar-refractivity contribution in [3.05, 3.63) is 70.7 Å². The molecule has 0 aliphatic carbocycles. The summed E-state index contributed by atoms with van der Waals surface area (Å²) in [6.45, 7) is 2.62.